The predicted octanol–water partition coefficient (Wildman–Crippen LogP) is 2.55. The minimum Gasteiger partial charge on any atom is -0.350 e. The normalized spacial score (nSPS) is 16.5. The summed E-state index contributed by atoms with van der Waals surface area (Å²) in [4.78, 5) is 5.78. The van der Waals surface area contributed by atoms with E-state index in [2.05, 4.69) is 10.3 Å². The minimum atomic E-state index is -4.41. The topological polar surface area (TPSA) is 28.2 Å². The van der Waals surface area contributed by atoms with Crippen molar-refractivity contribution in [3.05, 3.63) is 22.8 Å². The highest BCUT2D eigenvalue weighted by Crippen LogP contribution is 2.34. The van der Waals surface area contributed by atoms with Gasteiger partial charge in [0.15, 0.2) is 0 Å². The van der Waals surface area contributed by atoms with E-state index in [1.54, 1.807) is 0 Å². The minimum absolute atomic E-state index is 0.0403. The van der Waals surface area contributed by atoms with E-state index >= 15 is 0 Å². The van der Waals surface area contributed by atoms with Gasteiger partial charge in [0.1, 0.15) is 5.82 Å². The third kappa shape index (κ3) is 2.54. The van der Waals surface area contributed by atoms with Crippen molar-refractivity contribution in [1.82, 2.24) is 10.3 Å². The van der Waals surface area contributed by atoms with Gasteiger partial charge in [-0.2, -0.15) is 13.2 Å². The monoisotopic (exact) mass is 279 g/mol. The number of rotatable bonds is 3. The first kappa shape index (κ1) is 13.4. The summed E-state index contributed by atoms with van der Waals surface area (Å²) in [5.74, 6) is 0.415. The molecule has 1 aliphatic rings. The van der Waals surface area contributed by atoms with Crippen LogP contribution in [0.2, 0.25) is 5.02 Å². The second kappa shape index (κ2) is 4.93. The number of nitrogens with zero attached hydrogens (tertiary/aromatic N) is 2. The Morgan fingerprint density at radius 1 is 1.50 bits per heavy atom. The van der Waals surface area contributed by atoms with Gasteiger partial charge in [-0.3, -0.25) is 0 Å². The molecule has 0 atom stereocenters. The molecule has 1 aliphatic heterocycles. The van der Waals surface area contributed by atoms with E-state index < -0.39 is 11.7 Å². The zero-order chi connectivity index (χ0) is 13.3. The van der Waals surface area contributed by atoms with Gasteiger partial charge in [0.05, 0.1) is 16.6 Å². The lowest BCUT2D eigenvalue weighted by Gasteiger charge is -2.38. The van der Waals surface area contributed by atoms with Gasteiger partial charge in [0, 0.05) is 25.8 Å². The first-order chi connectivity index (χ1) is 8.43. The largest absolute Gasteiger partial charge is 0.417 e. The molecular weight excluding hydrogens is 267 g/mol. The van der Waals surface area contributed by atoms with E-state index in [4.69, 9.17) is 11.6 Å². The van der Waals surface area contributed by atoms with Crippen molar-refractivity contribution in [2.75, 3.05) is 24.5 Å². The number of likely N-dealkylation sites (N-methyl/N-ethyl adjacent to an activating group) is 1. The Bertz CT molecular complexity index is 432. The molecule has 7 heteroatoms. The van der Waals surface area contributed by atoms with E-state index in [-0.39, 0.29) is 11.1 Å². The Labute approximate surface area is 108 Å². The van der Waals surface area contributed by atoms with E-state index in [1.807, 2.05) is 11.8 Å². The quantitative estimate of drug-likeness (QED) is 0.922. The van der Waals surface area contributed by atoms with Crippen molar-refractivity contribution in [2.24, 2.45) is 0 Å². The Hall–Kier alpha value is -1.01. The van der Waals surface area contributed by atoms with Crippen LogP contribution < -0.4 is 10.2 Å². The molecule has 100 valence electrons. The highest BCUT2D eigenvalue weighted by atomic mass is 35.5. The summed E-state index contributed by atoms with van der Waals surface area (Å²) in [5.41, 5.74) is -0.820. The zero-order valence-electron chi connectivity index (χ0n) is 9.76. The van der Waals surface area contributed by atoms with Gasteiger partial charge in [0.2, 0.25) is 0 Å². The molecule has 0 amide bonds. The van der Waals surface area contributed by atoms with Crippen LogP contribution in [-0.2, 0) is 6.18 Å². The molecule has 2 heterocycles. The Kier molecular flexibility index (Phi) is 3.68. The number of halogens is 4. The summed E-state index contributed by atoms with van der Waals surface area (Å²) in [6, 6.07) is 1.18. The average molecular weight is 280 g/mol. The summed E-state index contributed by atoms with van der Waals surface area (Å²) >= 11 is 5.91. The Morgan fingerprint density at radius 3 is 2.56 bits per heavy atom. The van der Waals surface area contributed by atoms with Crippen LogP contribution in [0.3, 0.4) is 0 Å². The van der Waals surface area contributed by atoms with Crippen molar-refractivity contribution < 1.29 is 13.2 Å². The van der Waals surface area contributed by atoms with Crippen LogP contribution in [0, 0.1) is 0 Å². The molecule has 1 aromatic rings. The molecule has 0 unspecified atom stereocenters. The molecule has 1 fully saturated rings. The first-order valence-corrected chi connectivity index (χ1v) is 6.01. The molecule has 0 radical (unpaired) electrons. The number of nitrogens with one attached hydrogen (secondary N) is 1. The summed E-state index contributed by atoms with van der Waals surface area (Å²) in [5, 5.41) is 3.15. The molecule has 1 saturated heterocycles. The maximum atomic E-state index is 12.5. The van der Waals surface area contributed by atoms with Gasteiger partial charge in [-0.15, -0.1) is 0 Å². The van der Waals surface area contributed by atoms with Crippen molar-refractivity contribution in [2.45, 2.75) is 19.1 Å². The standard InChI is InChI=1S/C11H13ClF3N3/c1-2-18(8-5-16-6-8)10-9(12)3-7(4-17-10)11(13,14)15/h3-4,8,16H,2,5-6H2,1H3. The summed E-state index contributed by atoms with van der Waals surface area (Å²) < 4.78 is 37.5. The average Bonchev–Trinajstić information content (AvgIpc) is 2.22. The maximum absolute atomic E-state index is 12.5. The lowest BCUT2D eigenvalue weighted by Crippen LogP contribution is -2.57. The van der Waals surface area contributed by atoms with E-state index in [1.165, 1.54) is 0 Å². The summed E-state index contributed by atoms with van der Waals surface area (Å²) in [6.45, 7) is 4.18. The SMILES string of the molecule is CCN(c1ncc(C(F)(F)F)cc1Cl)C1CNC1. The zero-order valence-corrected chi connectivity index (χ0v) is 10.5. The molecule has 0 saturated carbocycles. The second-order valence-electron chi connectivity index (χ2n) is 4.13. The number of aromatic nitrogens is 1. The predicted molar refractivity (Wildman–Crippen MR) is 63.9 cm³/mol. The lowest BCUT2D eigenvalue weighted by atomic mass is 10.1. The highest BCUT2D eigenvalue weighted by molar-refractivity contribution is 6.33. The van der Waals surface area contributed by atoms with Crippen molar-refractivity contribution in [3.8, 4) is 0 Å². The number of hydrogen-bond donors (Lipinski definition) is 1. The molecule has 1 aromatic heterocycles. The summed E-state index contributed by atoms with van der Waals surface area (Å²) in [7, 11) is 0. The van der Waals surface area contributed by atoms with Gasteiger partial charge >= 0.3 is 6.18 Å². The first-order valence-electron chi connectivity index (χ1n) is 5.63. The second-order valence-corrected chi connectivity index (χ2v) is 4.53. The van der Waals surface area contributed by atoms with Crippen molar-refractivity contribution in [1.29, 1.82) is 0 Å². The molecule has 0 aliphatic carbocycles. The maximum Gasteiger partial charge on any atom is 0.417 e. The molecule has 1 N–H and O–H groups in total. The Balaban J connectivity index is 2.28. The van der Waals surface area contributed by atoms with Gasteiger partial charge in [-0.05, 0) is 13.0 Å². The fourth-order valence-corrected chi connectivity index (χ4v) is 2.15. The number of hydrogen-bond acceptors (Lipinski definition) is 3. The molecular formula is C11H13ClF3N3. The van der Waals surface area contributed by atoms with Gasteiger partial charge in [-0.25, -0.2) is 4.98 Å². The number of alkyl halides is 3. The van der Waals surface area contributed by atoms with Crippen LogP contribution in [0.25, 0.3) is 0 Å². The number of pyridine rings is 1. The van der Waals surface area contributed by atoms with Crippen LogP contribution in [0.15, 0.2) is 12.3 Å². The molecule has 0 bridgehead atoms. The third-order valence-corrected chi connectivity index (χ3v) is 3.24. The van der Waals surface area contributed by atoms with Gasteiger partial charge in [-0.1, -0.05) is 11.6 Å². The van der Waals surface area contributed by atoms with Gasteiger partial charge < -0.3 is 10.2 Å². The highest BCUT2D eigenvalue weighted by Gasteiger charge is 2.33. The van der Waals surface area contributed by atoms with E-state index in [0.29, 0.717) is 12.4 Å². The van der Waals surface area contributed by atoms with Crippen LogP contribution in [-0.4, -0.2) is 30.7 Å². The molecule has 3 nitrogen and oxygen atoms in total. The van der Waals surface area contributed by atoms with Crippen LogP contribution in [0.4, 0.5) is 19.0 Å². The van der Waals surface area contributed by atoms with Crippen molar-refractivity contribution in [3.63, 3.8) is 0 Å². The van der Waals surface area contributed by atoms with Crippen LogP contribution >= 0.6 is 11.6 Å². The number of anilines is 1. The molecule has 0 aromatic carbocycles. The lowest BCUT2D eigenvalue weighted by molar-refractivity contribution is -0.137. The molecule has 2 rings (SSSR count). The third-order valence-electron chi connectivity index (χ3n) is 2.96. The van der Waals surface area contributed by atoms with E-state index in [9.17, 15) is 13.2 Å². The summed E-state index contributed by atoms with van der Waals surface area (Å²) in [6.07, 6.45) is -3.58. The smallest absolute Gasteiger partial charge is 0.350 e. The fraction of sp³-hybridized carbons (Fsp3) is 0.545. The van der Waals surface area contributed by atoms with Crippen molar-refractivity contribution >= 4 is 17.4 Å². The molecule has 18 heavy (non-hydrogen) atoms. The Morgan fingerprint density at radius 2 is 2.17 bits per heavy atom. The van der Waals surface area contributed by atoms with Crippen LogP contribution in [0.5, 0.6) is 0 Å². The van der Waals surface area contributed by atoms with Crippen LogP contribution in [0.1, 0.15) is 12.5 Å². The van der Waals surface area contributed by atoms with E-state index in [0.717, 1.165) is 25.4 Å². The molecule has 0 spiro atoms. The fourth-order valence-electron chi connectivity index (χ4n) is 1.87. The van der Waals surface area contributed by atoms with Gasteiger partial charge in [0.25, 0.3) is 0 Å².